The Bertz CT molecular complexity index is 999. The summed E-state index contributed by atoms with van der Waals surface area (Å²) >= 11 is 12.9. The molecule has 2 aromatic heterocycles. The first kappa shape index (κ1) is 18.5. The van der Waals surface area contributed by atoms with E-state index in [1.807, 2.05) is 0 Å². The first-order valence-corrected chi connectivity index (χ1v) is 9.62. The van der Waals surface area contributed by atoms with Crippen LogP contribution in [0.4, 0.5) is 10.2 Å². The van der Waals surface area contributed by atoms with Crippen LogP contribution in [0.2, 0.25) is 10.2 Å². The van der Waals surface area contributed by atoms with Crippen LogP contribution in [-0.2, 0) is 6.61 Å². The van der Waals surface area contributed by atoms with Crippen molar-refractivity contribution in [3.63, 3.8) is 0 Å². The first-order chi connectivity index (χ1) is 13.0. The molecular weight excluding hydrogens is 390 g/mol. The lowest BCUT2D eigenvalue weighted by Crippen LogP contribution is -2.34. The number of piperidine rings is 1. The fraction of sp³-hybridized carbons (Fsp3) is 0.368. The summed E-state index contributed by atoms with van der Waals surface area (Å²) in [5.41, 5.74) is 2.34. The van der Waals surface area contributed by atoms with Gasteiger partial charge >= 0.3 is 0 Å². The summed E-state index contributed by atoms with van der Waals surface area (Å²) in [6.07, 6.45) is 3.68. The Morgan fingerprint density at radius 1 is 1.26 bits per heavy atom. The number of hydrogen-bond acceptors (Lipinski definition) is 4. The van der Waals surface area contributed by atoms with Gasteiger partial charge in [0.1, 0.15) is 16.8 Å². The SMILES string of the molecule is CC1CCN(c2c(-c3ccc(F)cc3Cl)c(Cl)nc3c(CO)cnn23)CC1. The van der Waals surface area contributed by atoms with Gasteiger partial charge in [-0.2, -0.15) is 9.61 Å². The van der Waals surface area contributed by atoms with Crippen LogP contribution in [0, 0.1) is 11.7 Å². The van der Waals surface area contributed by atoms with Crippen LogP contribution in [0.1, 0.15) is 25.3 Å². The molecule has 1 aliphatic rings. The standard InChI is InChI=1S/C19H19Cl2FN4O/c1-11-4-6-25(7-5-11)19-16(14-3-2-13(22)8-15(14)20)17(21)24-18-12(10-27)9-23-26(18)19/h2-3,8-9,11,27H,4-7,10H2,1H3. The third kappa shape index (κ3) is 3.26. The Kier molecular flexibility index (Phi) is 4.97. The number of rotatable bonds is 3. The molecule has 1 aliphatic heterocycles. The third-order valence-corrected chi connectivity index (χ3v) is 5.69. The lowest BCUT2D eigenvalue weighted by atomic mass is 9.98. The fourth-order valence-electron chi connectivity index (χ4n) is 3.54. The molecule has 0 atom stereocenters. The van der Waals surface area contributed by atoms with E-state index in [0.29, 0.717) is 28.3 Å². The van der Waals surface area contributed by atoms with Gasteiger partial charge in [-0.25, -0.2) is 9.37 Å². The summed E-state index contributed by atoms with van der Waals surface area (Å²) in [6.45, 7) is 3.75. The molecule has 0 amide bonds. The number of aromatic nitrogens is 3. The lowest BCUT2D eigenvalue weighted by Gasteiger charge is -2.33. The van der Waals surface area contributed by atoms with E-state index in [0.717, 1.165) is 31.7 Å². The van der Waals surface area contributed by atoms with E-state index in [4.69, 9.17) is 23.2 Å². The maximum absolute atomic E-state index is 13.6. The topological polar surface area (TPSA) is 53.7 Å². The average molecular weight is 409 g/mol. The van der Waals surface area contributed by atoms with Crippen molar-refractivity contribution in [2.45, 2.75) is 26.4 Å². The highest BCUT2D eigenvalue weighted by Crippen LogP contribution is 2.41. The van der Waals surface area contributed by atoms with E-state index in [1.165, 1.54) is 12.1 Å². The minimum Gasteiger partial charge on any atom is -0.391 e. The molecule has 0 spiro atoms. The van der Waals surface area contributed by atoms with Gasteiger partial charge in [0, 0.05) is 24.2 Å². The number of hydrogen-bond donors (Lipinski definition) is 1. The van der Waals surface area contributed by atoms with Crippen LogP contribution in [0.25, 0.3) is 16.8 Å². The molecule has 0 unspecified atom stereocenters. The number of aliphatic hydroxyl groups excluding tert-OH is 1. The normalized spacial score (nSPS) is 15.7. The van der Waals surface area contributed by atoms with Crippen LogP contribution in [0.5, 0.6) is 0 Å². The monoisotopic (exact) mass is 408 g/mol. The molecule has 8 heteroatoms. The minimum atomic E-state index is -0.413. The number of anilines is 1. The van der Waals surface area contributed by atoms with E-state index in [9.17, 15) is 9.50 Å². The molecule has 0 aliphatic carbocycles. The maximum Gasteiger partial charge on any atom is 0.164 e. The van der Waals surface area contributed by atoms with E-state index in [-0.39, 0.29) is 16.8 Å². The van der Waals surface area contributed by atoms with Crippen LogP contribution in [-0.4, -0.2) is 32.8 Å². The predicted molar refractivity (Wildman–Crippen MR) is 105 cm³/mol. The first-order valence-electron chi connectivity index (χ1n) is 8.87. The van der Waals surface area contributed by atoms with Gasteiger partial charge in [-0.05, 0) is 37.0 Å². The van der Waals surface area contributed by atoms with Crippen molar-refractivity contribution < 1.29 is 9.50 Å². The van der Waals surface area contributed by atoms with Crippen molar-refractivity contribution in [3.8, 4) is 11.1 Å². The van der Waals surface area contributed by atoms with Crippen molar-refractivity contribution >= 4 is 34.7 Å². The molecule has 3 aromatic rings. The molecule has 1 fully saturated rings. The third-order valence-electron chi connectivity index (χ3n) is 5.11. The molecule has 142 valence electrons. The number of fused-ring (bicyclic) bond motifs is 1. The number of halogens is 3. The Hall–Kier alpha value is -1.89. The maximum atomic E-state index is 13.6. The molecule has 3 heterocycles. The Balaban J connectivity index is 1.99. The molecule has 1 aromatic carbocycles. The van der Waals surface area contributed by atoms with Crippen molar-refractivity contribution in [2.75, 3.05) is 18.0 Å². The quantitative estimate of drug-likeness (QED) is 0.644. The van der Waals surface area contributed by atoms with Gasteiger partial charge in [0.05, 0.1) is 23.4 Å². The molecule has 0 saturated carbocycles. The van der Waals surface area contributed by atoms with Crippen LogP contribution in [0.15, 0.2) is 24.4 Å². The van der Waals surface area contributed by atoms with Crippen molar-refractivity contribution in [2.24, 2.45) is 5.92 Å². The zero-order valence-corrected chi connectivity index (χ0v) is 16.3. The molecule has 0 radical (unpaired) electrons. The zero-order chi connectivity index (χ0) is 19.1. The summed E-state index contributed by atoms with van der Waals surface area (Å²) < 4.78 is 15.3. The van der Waals surface area contributed by atoms with Gasteiger partial charge < -0.3 is 10.0 Å². The molecule has 1 N–H and O–H groups in total. The largest absolute Gasteiger partial charge is 0.391 e. The van der Waals surface area contributed by atoms with Crippen LogP contribution >= 0.6 is 23.2 Å². The van der Waals surface area contributed by atoms with E-state index in [1.54, 1.807) is 16.8 Å². The zero-order valence-electron chi connectivity index (χ0n) is 14.8. The van der Waals surface area contributed by atoms with Gasteiger partial charge in [0.15, 0.2) is 5.65 Å². The molecular formula is C19H19Cl2FN4O. The summed E-state index contributed by atoms with van der Waals surface area (Å²) in [5.74, 6) is 1.01. The fourth-order valence-corrected chi connectivity index (χ4v) is 4.07. The second-order valence-corrected chi connectivity index (χ2v) is 7.72. The van der Waals surface area contributed by atoms with Crippen molar-refractivity contribution in [1.82, 2.24) is 14.6 Å². The lowest BCUT2D eigenvalue weighted by molar-refractivity contribution is 0.283. The van der Waals surface area contributed by atoms with Crippen LogP contribution < -0.4 is 4.90 Å². The van der Waals surface area contributed by atoms with Gasteiger partial charge in [-0.1, -0.05) is 30.1 Å². The molecule has 0 bridgehead atoms. The number of aliphatic hydroxyl groups is 1. The van der Waals surface area contributed by atoms with Gasteiger partial charge in [-0.3, -0.25) is 0 Å². The Labute approximate surface area is 166 Å². The van der Waals surface area contributed by atoms with Crippen LogP contribution in [0.3, 0.4) is 0 Å². The number of benzene rings is 1. The molecule has 5 nitrogen and oxygen atoms in total. The Morgan fingerprint density at radius 3 is 2.67 bits per heavy atom. The van der Waals surface area contributed by atoms with Gasteiger partial charge in [0.25, 0.3) is 0 Å². The van der Waals surface area contributed by atoms with E-state index in [2.05, 4.69) is 21.9 Å². The highest BCUT2D eigenvalue weighted by Gasteiger charge is 2.27. The summed E-state index contributed by atoms with van der Waals surface area (Å²) in [6, 6.07) is 4.23. The van der Waals surface area contributed by atoms with E-state index < -0.39 is 5.82 Å². The predicted octanol–water partition coefficient (Wildman–Crippen LogP) is 4.57. The second kappa shape index (κ2) is 7.26. The molecule has 4 rings (SSSR count). The summed E-state index contributed by atoms with van der Waals surface area (Å²) in [4.78, 5) is 6.66. The smallest absolute Gasteiger partial charge is 0.164 e. The Morgan fingerprint density at radius 2 is 2.00 bits per heavy atom. The minimum absolute atomic E-state index is 0.181. The van der Waals surface area contributed by atoms with Crippen molar-refractivity contribution in [3.05, 3.63) is 46.0 Å². The molecule has 1 saturated heterocycles. The van der Waals surface area contributed by atoms with Gasteiger partial charge in [0.2, 0.25) is 0 Å². The number of nitrogens with zero attached hydrogens (tertiary/aromatic N) is 4. The van der Waals surface area contributed by atoms with E-state index >= 15 is 0 Å². The van der Waals surface area contributed by atoms with Crippen molar-refractivity contribution in [1.29, 1.82) is 0 Å². The second-order valence-electron chi connectivity index (χ2n) is 6.96. The highest BCUT2D eigenvalue weighted by atomic mass is 35.5. The summed E-state index contributed by atoms with van der Waals surface area (Å²) in [7, 11) is 0. The average Bonchev–Trinajstić information content (AvgIpc) is 3.04. The molecule has 27 heavy (non-hydrogen) atoms. The summed E-state index contributed by atoms with van der Waals surface area (Å²) in [5, 5.41) is 14.5. The highest BCUT2D eigenvalue weighted by molar-refractivity contribution is 6.36. The van der Waals surface area contributed by atoms with Gasteiger partial charge in [-0.15, -0.1) is 0 Å².